The van der Waals surface area contributed by atoms with Gasteiger partial charge in [0.15, 0.2) is 40.7 Å². The Morgan fingerprint density at radius 2 is 1.05 bits per heavy atom. The smallest absolute Gasteiger partial charge is 0.207 e. The molecule has 2 aromatic rings. The lowest BCUT2D eigenvalue weighted by Gasteiger charge is -2.11. The van der Waals surface area contributed by atoms with Crippen LogP contribution in [0.15, 0.2) is 6.07 Å². The zero-order valence-electron chi connectivity index (χ0n) is 10.8. The maximum absolute atomic E-state index is 13.8. The van der Waals surface area contributed by atoms with Gasteiger partial charge >= 0.3 is 0 Å². The Hall–Kier alpha value is -2.06. The predicted molar refractivity (Wildman–Crippen MR) is 63.7 cm³/mol. The molecule has 0 aromatic heterocycles. The summed E-state index contributed by atoms with van der Waals surface area (Å²) in [5, 5.41) is 0. The number of halogens is 8. The van der Waals surface area contributed by atoms with Gasteiger partial charge in [0.05, 0.1) is 0 Å². The monoisotopic (exact) mass is 324 g/mol. The van der Waals surface area contributed by atoms with Gasteiger partial charge in [-0.25, -0.2) is 35.1 Å². The van der Waals surface area contributed by atoms with Crippen molar-refractivity contribution in [1.29, 1.82) is 0 Å². The zero-order valence-corrected chi connectivity index (χ0v) is 10.8. The molecule has 0 aliphatic carbocycles. The fraction of sp³-hybridized carbons (Fsp3) is 0.0769. The first-order valence-electron chi connectivity index (χ1n) is 5.80. The lowest BCUT2D eigenvalue weighted by molar-refractivity contribution is 0.434. The van der Waals surface area contributed by atoms with Crippen molar-refractivity contribution in [2.45, 2.75) is 6.92 Å². The minimum absolute atomic E-state index is 0.0859. The van der Waals surface area contributed by atoms with Crippen molar-refractivity contribution in [2.24, 2.45) is 0 Å². The number of hydrogen-bond acceptors (Lipinski definition) is 0. The fourth-order valence-corrected chi connectivity index (χ4v) is 1.92. The molecule has 0 saturated carbocycles. The molecule has 2 aromatic carbocycles. The third-order valence-corrected chi connectivity index (χ3v) is 3.13. The van der Waals surface area contributed by atoms with Crippen molar-refractivity contribution in [2.75, 3.05) is 0 Å². The third kappa shape index (κ3) is 2.44. The second-order valence-corrected chi connectivity index (χ2v) is 4.48. The van der Waals surface area contributed by atoms with Crippen LogP contribution >= 0.6 is 0 Å². The molecule has 116 valence electrons. The van der Waals surface area contributed by atoms with E-state index in [1.54, 1.807) is 0 Å². The normalized spacial score (nSPS) is 11.0. The summed E-state index contributed by atoms with van der Waals surface area (Å²) < 4.78 is 107. The molecule has 0 nitrogen and oxygen atoms in total. The summed E-state index contributed by atoms with van der Waals surface area (Å²) >= 11 is 0. The van der Waals surface area contributed by atoms with Crippen LogP contribution in [0.4, 0.5) is 35.1 Å². The van der Waals surface area contributed by atoms with Gasteiger partial charge in [-0.3, -0.25) is 0 Å². The molecule has 0 aliphatic rings. The highest BCUT2D eigenvalue weighted by Gasteiger charge is 2.27. The summed E-state index contributed by atoms with van der Waals surface area (Å²) in [7, 11) is -1.33. The summed E-state index contributed by atoms with van der Waals surface area (Å²) in [5.41, 5.74) is -3.49. The number of hydrogen-bond donors (Lipinski definition) is 0. The predicted octanol–water partition coefficient (Wildman–Crippen LogP) is 2.50. The van der Waals surface area contributed by atoms with Crippen LogP contribution < -0.4 is 10.9 Å². The van der Waals surface area contributed by atoms with Gasteiger partial charge in [0.1, 0.15) is 5.82 Å². The molecule has 0 unspecified atom stereocenters. The molecular weight excluding hydrogens is 319 g/mol. The largest absolute Gasteiger partial charge is 0.208 e. The highest BCUT2D eigenvalue weighted by Crippen LogP contribution is 2.17. The Labute approximate surface area is 119 Å². The average Bonchev–Trinajstić information content (AvgIpc) is 2.48. The van der Waals surface area contributed by atoms with Crippen molar-refractivity contribution in [1.82, 2.24) is 0 Å². The van der Waals surface area contributed by atoms with Gasteiger partial charge in [-0.15, -0.1) is 0 Å². The van der Waals surface area contributed by atoms with E-state index >= 15 is 0 Å². The molecule has 0 N–H and O–H groups in total. The van der Waals surface area contributed by atoms with E-state index in [1.807, 2.05) is 0 Å². The Kier molecular flexibility index (Phi) is 4.17. The van der Waals surface area contributed by atoms with Gasteiger partial charge in [-0.2, -0.15) is 0 Å². The molecule has 0 fully saturated rings. The molecule has 22 heavy (non-hydrogen) atoms. The first-order valence-corrected chi connectivity index (χ1v) is 5.80. The van der Waals surface area contributed by atoms with Gasteiger partial charge in [0, 0.05) is 11.6 Å². The average molecular weight is 324 g/mol. The van der Waals surface area contributed by atoms with Crippen LogP contribution in [0.3, 0.4) is 0 Å². The maximum Gasteiger partial charge on any atom is 0.208 e. The van der Waals surface area contributed by atoms with Gasteiger partial charge in [0.2, 0.25) is 7.28 Å². The topological polar surface area (TPSA) is 0 Å². The molecule has 0 amide bonds. The van der Waals surface area contributed by atoms with E-state index in [2.05, 4.69) is 0 Å². The van der Waals surface area contributed by atoms with Gasteiger partial charge in [-0.1, -0.05) is 0 Å². The van der Waals surface area contributed by atoms with E-state index in [-0.39, 0.29) is 6.07 Å². The number of rotatable bonds is 2. The molecule has 0 bridgehead atoms. The minimum Gasteiger partial charge on any atom is -0.207 e. The summed E-state index contributed by atoms with van der Waals surface area (Å²) in [6.45, 7) is 0.773. The van der Waals surface area contributed by atoms with Gasteiger partial charge < -0.3 is 0 Å². The van der Waals surface area contributed by atoms with E-state index in [9.17, 15) is 35.1 Å². The van der Waals surface area contributed by atoms with Crippen LogP contribution in [0.2, 0.25) is 0 Å². The highest BCUT2D eigenvalue weighted by molar-refractivity contribution is 6.67. The Balaban J connectivity index is 2.68. The zero-order chi connectivity index (χ0) is 16.8. The standard InChI is InChI=1S/C13H5BF8/c1-3-8(17)6(12(21)13(22)9(3)18)14-7-10(19)4(15)2-5(16)11(7)20/h2,14H,1H3. The van der Waals surface area contributed by atoms with E-state index in [0.717, 1.165) is 6.92 Å². The first-order chi connectivity index (χ1) is 10.2. The molecule has 0 saturated heterocycles. The molecule has 9 heteroatoms. The lowest BCUT2D eigenvalue weighted by atomic mass is 9.62. The van der Waals surface area contributed by atoms with Crippen molar-refractivity contribution in [3.05, 3.63) is 58.2 Å². The Morgan fingerprint density at radius 1 is 0.591 bits per heavy atom. The molecule has 2 rings (SSSR count). The highest BCUT2D eigenvalue weighted by atomic mass is 19.2. The van der Waals surface area contributed by atoms with Crippen molar-refractivity contribution < 1.29 is 35.1 Å². The second kappa shape index (κ2) is 5.62. The molecule has 0 spiro atoms. The third-order valence-electron chi connectivity index (χ3n) is 3.13. The van der Waals surface area contributed by atoms with Crippen molar-refractivity contribution in [3.63, 3.8) is 0 Å². The Morgan fingerprint density at radius 3 is 1.55 bits per heavy atom. The van der Waals surface area contributed by atoms with Crippen LogP contribution in [0.25, 0.3) is 0 Å². The van der Waals surface area contributed by atoms with Crippen LogP contribution in [0, 0.1) is 53.5 Å². The molecule has 0 radical (unpaired) electrons. The summed E-state index contributed by atoms with van der Waals surface area (Å²) in [4.78, 5) is 0. The van der Waals surface area contributed by atoms with Crippen LogP contribution in [0.1, 0.15) is 5.56 Å². The summed E-state index contributed by atoms with van der Waals surface area (Å²) in [5.74, 6) is -14.8. The molecule has 0 aliphatic heterocycles. The molecular formula is C13H5BF8. The molecule has 0 heterocycles. The summed E-state index contributed by atoms with van der Waals surface area (Å²) in [6, 6.07) is -0.0859. The van der Waals surface area contributed by atoms with Crippen LogP contribution in [-0.4, -0.2) is 7.28 Å². The van der Waals surface area contributed by atoms with E-state index in [1.165, 1.54) is 0 Å². The van der Waals surface area contributed by atoms with E-state index < -0.39 is 70.3 Å². The SMILES string of the molecule is Cc1c(F)c(F)c(F)c(Bc2c(F)c(F)cc(F)c2F)c1F. The first kappa shape index (κ1) is 16.3. The van der Waals surface area contributed by atoms with E-state index in [4.69, 9.17) is 0 Å². The fourth-order valence-electron chi connectivity index (χ4n) is 1.92. The van der Waals surface area contributed by atoms with Crippen molar-refractivity contribution >= 4 is 18.2 Å². The van der Waals surface area contributed by atoms with E-state index in [0.29, 0.717) is 0 Å². The van der Waals surface area contributed by atoms with Gasteiger partial charge in [-0.05, 0) is 17.8 Å². The van der Waals surface area contributed by atoms with Crippen molar-refractivity contribution in [3.8, 4) is 0 Å². The lowest BCUT2D eigenvalue weighted by Crippen LogP contribution is -2.39. The van der Waals surface area contributed by atoms with Crippen LogP contribution in [0.5, 0.6) is 0 Å². The maximum atomic E-state index is 13.8. The quantitative estimate of drug-likeness (QED) is 0.345. The molecule has 0 atom stereocenters. The number of benzene rings is 2. The summed E-state index contributed by atoms with van der Waals surface area (Å²) in [6.07, 6.45) is 0. The van der Waals surface area contributed by atoms with Crippen LogP contribution in [-0.2, 0) is 0 Å². The minimum atomic E-state index is -2.05. The van der Waals surface area contributed by atoms with Gasteiger partial charge in [0.25, 0.3) is 0 Å². The second-order valence-electron chi connectivity index (χ2n) is 4.48. The Bertz CT molecular complexity index is 716.